The molecule has 0 aliphatic carbocycles. The lowest BCUT2D eigenvalue weighted by atomic mass is 10.1. The second-order valence-electron chi connectivity index (χ2n) is 6.99. The molecule has 5 heteroatoms. The fraction of sp³-hybridized carbons (Fsp3) is 0.154. The minimum Gasteiger partial charge on any atom is -0.326 e. The van der Waals surface area contributed by atoms with Gasteiger partial charge in [0, 0.05) is 19.1 Å². The average molecular weight is 422 g/mol. The van der Waals surface area contributed by atoms with Crippen LogP contribution in [0.5, 0.6) is 0 Å². The summed E-state index contributed by atoms with van der Waals surface area (Å²) in [5.74, 6) is -1.68. The van der Waals surface area contributed by atoms with E-state index in [0.717, 1.165) is 12.1 Å². The first-order valence-electron chi connectivity index (χ1n) is 10.1. The van der Waals surface area contributed by atoms with E-state index >= 15 is 0 Å². The van der Waals surface area contributed by atoms with Crippen LogP contribution in [0.2, 0.25) is 0 Å². The number of nitrogens with two attached hydrogens (primary N) is 3. The van der Waals surface area contributed by atoms with Gasteiger partial charge in [0.1, 0.15) is 0 Å². The van der Waals surface area contributed by atoms with Crippen molar-refractivity contribution in [1.82, 2.24) is 0 Å². The lowest BCUT2D eigenvalue weighted by Gasteiger charge is -2.02. The third-order valence-corrected chi connectivity index (χ3v) is 4.64. The van der Waals surface area contributed by atoms with Crippen LogP contribution in [0.3, 0.4) is 0 Å². The van der Waals surface area contributed by atoms with Crippen molar-refractivity contribution in [3.8, 4) is 0 Å². The topological polar surface area (TPSA) is 78.1 Å². The van der Waals surface area contributed by atoms with E-state index in [1.54, 1.807) is 0 Å². The largest absolute Gasteiger partial charge is 0.326 e. The average Bonchev–Trinajstić information content (AvgIpc) is 2.82. The minimum absolute atomic E-state index is 0.159. The molecule has 0 bridgehead atoms. The lowest BCUT2D eigenvalue weighted by Crippen LogP contribution is -2.03. The smallest absolute Gasteiger partial charge is 0.159 e. The molecule has 4 aromatic rings. The molecule has 0 saturated heterocycles. The van der Waals surface area contributed by atoms with Crippen LogP contribution in [0, 0.1) is 11.6 Å². The van der Waals surface area contributed by atoms with Crippen LogP contribution < -0.4 is 17.2 Å². The number of fused-ring (bicyclic) bond motifs is 1. The van der Waals surface area contributed by atoms with Crippen molar-refractivity contribution in [2.75, 3.05) is 0 Å². The molecule has 0 unspecified atom stereocenters. The summed E-state index contributed by atoms with van der Waals surface area (Å²) in [5, 5.41) is 2.53. The number of hydrogen-bond donors (Lipinski definition) is 3. The molecule has 0 saturated carbocycles. The Labute approximate surface area is 182 Å². The first kappa shape index (κ1) is 24.2. The normalized spacial score (nSPS) is 11.0. The highest BCUT2D eigenvalue weighted by Crippen LogP contribution is 2.17. The number of rotatable bonds is 3. The van der Waals surface area contributed by atoms with Gasteiger partial charge in [-0.3, -0.25) is 0 Å². The van der Waals surface area contributed by atoms with Gasteiger partial charge in [0.05, 0.1) is 0 Å². The van der Waals surface area contributed by atoms with Gasteiger partial charge in [-0.1, -0.05) is 78.9 Å². The van der Waals surface area contributed by atoms with Gasteiger partial charge in [0.25, 0.3) is 0 Å². The van der Waals surface area contributed by atoms with Crippen molar-refractivity contribution in [2.24, 2.45) is 17.2 Å². The molecule has 0 fully saturated rings. The van der Waals surface area contributed by atoms with Crippen LogP contribution in [-0.2, 0) is 13.1 Å². The van der Waals surface area contributed by atoms with Gasteiger partial charge in [-0.2, -0.15) is 0 Å². The molecule has 1 atom stereocenters. The zero-order chi connectivity index (χ0) is 22.6. The van der Waals surface area contributed by atoms with Crippen molar-refractivity contribution < 1.29 is 8.78 Å². The van der Waals surface area contributed by atoms with Crippen molar-refractivity contribution in [1.29, 1.82) is 0 Å². The summed E-state index contributed by atoms with van der Waals surface area (Å²) in [6, 6.07) is 28.4. The molecule has 0 amide bonds. The molecule has 31 heavy (non-hydrogen) atoms. The van der Waals surface area contributed by atoms with Crippen molar-refractivity contribution in [2.45, 2.75) is 26.1 Å². The van der Waals surface area contributed by atoms with Gasteiger partial charge in [-0.25, -0.2) is 8.78 Å². The Bertz CT molecular complexity index is 1060. The second kappa shape index (κ2) is 12.5. The van der Waals surface area contributed by atoms with E-state index in [4.69, 9.17) is 17.2 Å². The molecule has 3 nitrogen and oxygen atoms in total. The quantitative estimate of drug-likeness (QED) is 0.413. The fourth-order valence-corrected chi connectivity index (χ4v) is 2.89. The highest BCUT2D eigenvalue weighted by atomic mass is 19.2. The molecule has 4 aromatic carbocycles. The van der Waals surface area contributed by atoms with Gasteiger partial charge >= 0.3 is 0 Å². The Morgan fingerprint density at radius 1 is 0.710 bits per heavy atom. The van der Waals surface area contributed by atoms with E-state index in [-0.39, 0.29) is 12.6 Å². The zero-order valence-corrected chi connectivity index (χ0v) is 17.6. The molecule has 0 aliphatic heterocycles. The van der Waals surface area contributed by atoms with Crippen LogP contribution in [0.25, 0.3) is 10.8 Å². The van der Waals surface area contributed by atoms with E-state index < -0.39 is 11.6 Å². The van der Waals surface area contributed by atoms with E-state index in [1.165, 1.54) is 28.0 Å². The maximum absolute atomic E-state index is 12.3. The van der Waals surface area contributed by atoms with Gasteiger partial charge in [-0.05, 0) is 46.5 Å². The fourth-order valence-electron chi connectivity index (χ4n) is 2.89. The lowest BCUT2D eigenvalue weighted by molar-refractivity contribution is 0.507. The minimum atomic E-state index is -0.844. The monoisotopic (exact) mass is 421 g/mol. The van der Waals surface area contributed by atoms with E-state index in [0.29, 0.717) is 12.1 Å². The standard InChI is InChI=1S/C11H11N.C8H11N.C7H7F2N/c12-8-10-6-3-5-9-4-1-2-7-11(9)10;1-7(9)8-5-3-2-4-6-8;8-6-2-1-5(4-10)3-7(6)9/h1-7H,8,12H2;2-7H,9H2,1H3;1-3H,4,10H2/t;7-;/m.1./s1. The Morgan fingerprint density at radius 2 is 1.35 bits per heavy atom. The van der Waals surface area contributed by atoms with Crippen LogP contribution in [-0.4, -0.2) is 0 Å². The molecule has 0 aromatic heterocycles. The SMILES string of the molecule is C[C@@H](N)c1ccccc1.NCc1ccc(F)c(F)c1.NCc1cccc2ccccc12. The summed E-state index contributed by atoms with van der Waals surface area (Å²) in [6.45, 7) is 2.83. The molecule has 0 heterocycles. The Morgan fingerprint density at radius 3 is 1.94 bits per heavy atom. The summed E-state index contributed by atoms with van der Waals surface area (Å²) in [7, 11) is 0. The summed E-state index contributed by atoms with van der Waals surface area (Å²) in [5.41, 5.74) is 19.4. The summed E-state index contributed by atoms with van der Waals surface area (Å²) in [4.78, 5) is 0. The van der Waals surface area contributed by atoms with Gasteiger partial charge < -0.3 is 17.2 Å². The van der Waals surface area contributed by atoms with Crippen LogP contribution in [0.15, 0.2) is 91.0 Å². The van der Waals surface area contributed by atoms with E-state index in [1.807, 2.05) is 55.5 Å². The highest BCUT2D eigenvalue weighted by Gasteiger charge is 1.99. The number of hydrogen-bond acceptors (Lipinski definition) is 3. The van der Waals surface area contributed by atoms with Crippen LogP contribution >= 0.6 is 0 Å². The zero-order valence-electron chi connectivity index (χ0n) is 17.6. The Kier molecular flexibility index (Phi) is 9.78. The molecule has 0 aliphatic rings. The summed E-state index contributed by atoms with van der Waals surface area (Å²) >= 11 is 0. The predicted octanol–water partition coefficient (Wildman–Crippen LogP) is 5.43. The molecule has 0 spiro atoms. The molecule has 4 rings (SSSR count). The Hall–Kier alpha value is -3.12. The summed E-state index contributed by atoms with van der Waals surface area (Å²) < 4.78 is 24.6. The Balaban J connectivity index is 0.000000167. The van der Waals surface area contributed by atoms with Crippen LogP contribution in [0.1, 0.15) is 29.7 Å². The second-order valence-corrected chi connectivity index (χ2v) is 6.99. The molecular formula is C26H29F2N3. The van der Waals surface area contributed by atoms with E-state index in [9.17, 15) is 8.78 Å². The number of benzene rings is 4. The molecule has 0 radical (unpaired) electrons. The summed E-state index contributed by atoms with van der Waals surface area (Å²) in [6.07, 6.45) is 0. The van der Waals surface area contributed by atoms with Crippen molar-refractivity contribution in [3.05, 3.63) is 119 Å². The van der Waals surface area contributed by atoms with Crippen molar-refractivity contribution >= 4 is 10.8 Å². The predicted molar refractivity (Wildman–Crippen MR) is 125 cm³/mol. The molecule has 6 N–H and O–H groups in total. The maximum atomic E-state index is 12.3. The third kappa shape index (κ3) is 7.57. The van der Waals surface area contributed by atoms with Gasteiger partial charge in [0.15, 0.2) is 11.6 Å². The maximum Gasteiger partial charge on any atom is 0.159 e. The van der Waals surface area contributed by atoms with Crippen LogP contribution in [0.4, 0.5) is 8.78 Å². The van der Waals surface area contributed by atoms with Gasteiger partial charge in [0.2, 0.25) is 0 Å². The third-order valence-electron chi connectivity index (χ3n) is 4.64. The molecular weight excluding hydrogens is 392 g/mol. The van der Waals surface area contributed by atoms with E-state index in [2.05, 4.69) is 24.3 Å². The van der Waals surface area contributed by atoms with Gasteiger partial charge in [-0.15, -0.1) is 0 Å². The highest BCUT2D eigenvalue weighted by molar-refractivity contribution is 5.85. The van der Waals surface area contributed by atoms with Crippen molar-refractivity contribution in [3.63, 3.8) is 0 Å². The number of halogens is 2. The first-order valence-corrected chi connectivity index (χ1v) is 10.1. The molecule has 162 valence electrons. The first-order chi connectivity index (χ1) is 15.0.